The number of hydrogen-bond acceptors (Lipinski definition) is 4. The highest BCUT2D eigenvalue weighted by Crippen LogP contribution is 2.26. The first-order chi connectivity index (χ1) is 8.49. The van der Waals surface area contributed by atoms with E-state index in [1.54, 1.807) is 0 Å². The van der Waals surface area contributed by atoms with Crippen LogP contribution in [0.15, 0.2) is 16.8 Å². The second-order valence-corrected chi connectivity index (χ2v) is 4.73. The molecule has 2 heterocycles. The molecule has 96 valence electrons. The standard InChI is InChI=1S/C13H16ClN3O/c1-7-5-11(10(4)18-7)9(3)17-13-8(2)12(14)15-6-16-13/h5-6,9H,1-4H3,(H,15,16,17). The van der Waals surface area contributed by atoms with Gasteiger partial charge in [0, 0.05) is 11.1 Å². The van der Waals surface area contributed by atoms with Gasteiger partial charge in [-0.3, -0.25) is 0 Å². The molecule has 2 rings (SSSR count). The number of halogens is 1. The molecular weight excluding hydrogens is 250 g/mol. The first-order valence-electron chi connectivity index (χ1n) is 5.79. The van der Waals surface area contributed by atoms with Gasteiger partial charge in [0.15, 0.2) is 0 Å². The number of nitrogens with one attached hydrogen (secondary N) is 1. The Balaban J connectivity index is 2.24. The maximum atomic E-state index is 5.97. The van der Waals surface area contributed by atoms with Gasteiger partial charge >= 0.3 is 0 Å². The zero-order valence-electron chi connectivity index (χ0n) is 10.9. The molecule has 0 aromatic carbocycles. The van der Waals surface area contributed by atoms with E-state index in [0.29, 0.717) is 5.15 Å². The molecule has 0 radical (unpaired) electrons. The Labute approximate surface area is 111 Å². The minimum Gasteiger partial charge on any atom is -0.466 e. The normalized spacial score (nSPS) is 12.5. The zero-order valence-corrected chi connectivity index (χ0v) is 11.7. The minimum absolute atomic E-state index is 0.104. The molecule has 0 saturated heterocycles. The summed E-state index contributed by atoms with van der Waals surface area (Å²) in [5.41, 5.74) is 1.98. The van der Waals surface area contributed by atoms with Crippen LogP contribution < -0.4 is 5.32 Å². The molecule has 2 aromatic heterocycles. The number of hydrogen-bond donors (Lipinski definition) is 1. The molecule has 0 fully saturated rings. The van der Waals surface area contributed by atoms with Crippen molar-refractivity contribution in [3.63, 3.8) is 0 Å². The van der Waals surface area contributed by atoms with Crippen molar-refractivity contribution >= 4 is 17.4 Å². The minimum atomic E-state index is 0.104. The van der Waals surface area contributed by atoms with Crippen LogP contribution in [-0.2, 0) is 0 Å². The van der Waals surface area contributed by atoms with Gasteiger partial charge in [0.2, 0.25) is 0 Å². The largest absolute Gasteiger partial charge is 0.466 e. The SMILES string of the molecule is Cc1cc(C(C)Nc2ncnc(Cl)c2C)c(C)o1. The molecule has 1 N–H and O–H groups in total. The van der Waals surface area contributed by atoms with Gasteiger partial charge in [-0.2, -0.15) is 0 Å². The number of rotatable bonds is 3. The van der Waals surface area contributed by atoms with Crippen molar-refractivity contribution < 1.29 is 4.42 Å². The van der Waals surface area contributed by atoms with Crippen LogP contribution in [0.5, 0.6) is 0 Å². The summed E-state index contributed by atoms with van der Waals surface area (Å²) in [6.45, 7) is 7.86. The van der Waals surface area contributed by atoms with Gasteiger partial charge in [0.1, 0.15) is 28.8 Å². The van der Waals surface area contributed by atoms with E-state index in [-0.39, 0.29) is 6.04 Å². The molecule has 4 nitrogen and oxygen atoms in total. The molecule has 0 saturated carbocycles. The van der Waals surface area contributed by atoms with Crippen molar-refractivity contribution in [2.75, 3.05) is 5.32 Å². The van der Waals surface area contributed by atoms with E-state index in [4.69, 9.17) is 16.0 Å². The van der Waals surface area contributed by atoms with E-state index in [0.717, 1.165) is 28.5 Å². The Hall–Kier alpha value is -1.55. The number of aromatic nitrogens is 2. The van der Waals surface area contributed by atoms with E-state index in [1.807, 2.05) is 26.8 Å². The molecule has 0 aliphatic carbocycles. The highest BCUT2D eigenvalue weighted by Gasteiger charge is 2.14. The Morgan fingerprint density at radius 1 is 1.28 bits per heavy atom. The molecule has 0 amide bonds. The van der Waals surface area contributed by atoms with Crippen molar-refractivity contribution in [1.29, 1.82) is 0 Å². The van der Waals surface area contributed by atoms with Crippen LogP contribution >= 0.6 is 11.6 Å². The fraction of sp³-hybridized carbons (Fsp3) is 0.385. The van der Waals surface area contributed by atoms with Crippen molar-refractivity contribution in [3.05, 3.63) is 40.2 Å². The summed E-state index contributed by atoms with van der Waals surface area (Å²) in [7, 11) is 0. The van der Waals surface area contributed by atoms with Crippen LogP contribution in [0.1, 0.15) is 35.6 Å². The number of nitrogens with zero attached hydrogens (tertiary/aromatic N) is 2. The number of aryl methyl sites for hydroxylation is 2. The summed E-state index contributed by atoms with van der Waals surface area (Å²) in [5.74, 6) is 2.58. The molecule has 0 aliphatic rings. The molecule has 0 spiro atoms. The van der Waals surface area contributed by atoms with Crippen LogP contribution in [-0.4, -0.2) is 9.97 Å². The topological polar surface area (TPSA) is 51.0 Å². The monoisotopic (exact) mass is 265 g/mol. The van der Waals surface area contributed by atoms with Crippen molar-refractivity contribution in [2.24, 2.45) is 0 Å². The van der Waals surface area contributed by atoms with Crippen LogP contribution in [0.4, 0.5) is 5.82 Å². The summed E-state index contributed by atoms with van der Waals surface area (Å²) >= 11 is 5.97. The van der Waals surface area contributed by atoms with Crippen LogP contribution in [0, 0.1) is 20.8 Å². The fourth-order valence-electron chi connectivity index (χ4n) is 1.94. The highest BCUT2D eigenvalue weighted by molar-refractivity contribution is 6.30. The van der Waals surface area contributed by atoms with Crippen LogP contribution in [0.3, 0.4) is 0 Å². The average Bonchev–Trinajstić information content (AvgIpc) is 2.64. The predicted octanol–water partition coefficient (Wildman–Crippen LogP) is 3.82. The lowest BCUT2D eigenvalue weighted by molar-refractivity contribution is 0.499. The Kier molecular flexibility index (Phi) is 3.57. The summed E-state index contributed by atoms with van der Waals surface area (Å²) in [5, 5.41) is 3.80. The lowest BCUT2D eigenvalue weighted by Gasteiger charge is -2.15. The second-order valence-electron chi connectivity index (χ2n) is 4.37. The average molecular weight is 266 g/mol. The van der Waals surface area contributed by atoms with Gasteiger partial charge in [0.05, 0.1) is 6.04 Å². The van der Waals surface area contributed by atoms with Gasteiger partial charge < -0.3 is 9.73 Å². The molecule has 1 atom stereocenters. The molecule has 0 aliphatic heterocycles. The van der Waals surface area contributed by atoms with Gasteiger partial charge in [-0.25, -0.2) is 9.97 Å². The Bertz CT molecular complexity index is 565. The molecule has 2 aromatic rings. The van der Waals surface area contributed by atoms with E-state index >= 15 is 0 Å². The zero-order chi connectivity index (χ0) is 13.3. The summed E-state index contributed by atoms with van der Waals surface area (Å²) in [4.78, 5) is 8.14. The third-order valence-corrected chi connectivity index (χ3v) is 3.30. The molecular formula is C13H16ClN3O. The molecule has 18 heavy (non-hydrogen) atoms. The maximum absolute atomic E-state index is 5.97. The predicted molar refractivity (Wildman–Crippen MR) is 72.0 cm³/mol. The maximum Gasteiger partial charge on any atom is 0.137 e. The van der Waals surface area contributed by atoms with Gasteiger partial charge in [-0.15, -0.1) is 0 Å². The summed E-state index contributed by atoms with van der Waals surface area (Å²) in [6, 6.07) is 2.14. The van der Waals surface area contributed by atoms with Gasteiger partial charge in [-0.05, 0) is 33.8 Å². The lowest BCUT2D eigenvalue weighted by Crippen LogP contribution is -2.09. The summed E-state index contributed by atoms with van der Waals surface area (Å²) < 4.78 is 5.53. The molecule has 0 bridgehead atoms. The quantitative estimate of drug-likeness (QED) is 0.857. The first-order valence-corrected chi connectivity index (χ1v) is 6.17. The van der Waals surface area contributed by atoms with Gasteiger partial charge in [0.25, 0.3) is 0 Å². The smallest absolute Gasteiger partial charge is 0.137 e. The van der Waals surface area contributed by atoms with Crippen molar-refractivity contribution in [1.82, 2.24) is 9.97 Å². The Morgan fingerprint density at radius 2 is 2.00 bits per heavy atom. The fourth-order valence-corrected chi connectivity index (χ4v) is 2.07. The van der Waals surface area contributed by atoms with Crippen molar-refractivity contribution in [2.45, 2.75) is 33.7 Å². The first kappa shape index (κ1) is 12.9. The Morgan fingerprint density at radius 3 is 2.61 bits per heavy atom. The van der Waals surface area contributed by atoms with E-state index in [9.17, 15) is 0 Å². The summed E-state index contributed by atoms with van der Waals surface area (Å²) in [6.07, 6.45) is 1.46. The number of furan rings is 1. The highest BCUT2D eigenvalue weighted by atomic mass is 35.5. The van der Waals surface area contributed by atoms with Crippen molar-refractivity contribution in [3.8, 4) is 0 Å². The van der Waals surface area contributed by atoms with E-state index < -0.39 is 0 Å². The number of anilines is 1. The third-order valence-electron chi connectivity index (χ3n) is 2.92. The van der Waals surface area contributed by atoms with Crippen LogP contribution in [0.2, 0.25) is 5.15 Å². The van der Waals surface area contributed by atoms with Crippen LogP contribution in [0.25, 0.3) is 0 Å². The van der Waals surface area contributed by atoms with E-state index in [1.165, 1.54) is 6.33 Å². The van der Waals surface area contributed by atoms with E-state index in [2.05, 4.69) is 22.2 Å². The third kappa shape index (κ3) is 2.48. The molecule has 5 heteroatoms. The van der Waals surface area contributed by atoms with Gasteiger partial charge in [-0.1, -0.05) is 11.6 Å². The molecule has 1 unspecified atom stereocenters. The second kappa shape index (κ2) is 4.98. The lowest BCUT2D eigenvalue weighted by atomic mass is 10.1.